The molecular weight excluding hydrogens is 432 g/mol. The minimum atomic E-state index is -3.74. The summed E-state index contributed by atoms with van der Waals surface area (Å²) in [5.41, 5.74) is 0.390. The Hall–Kier alpha value is -2.49. The van der Waals surface area contributed by atoms with E-state index in [1.807, 2.05) is 0 Å². The summed E-state index contributed by atoms with van der Waals surface area (Å²) in [6.07, 6.45) is -0.352. The van der Waals surface area contributed by atoms with Gasteiger partial charge < -0.3 is 4.42 Å². The lowest BCUT2D eigenvalue weighted by Crippen LogP contribution is -2.17. The van der Waals surface area contributed by atoms with E-state index in [9.17, 15) is 17.6 Å². The fourth-order valence-corrected chi connectivity index (χ4v) is 3.82. The van der Waals surface area contributed by atoms with Crippen LogP contribution in [0.2, 0.25) is 10.0 Å². The van der Waals surface area contributed by atoms with Crippen molar-refractivity contribution in [1.29, 1.82) is 0 Å². The van der Waals surface area contributed by atoms with Gasteiger partial charge in [0.05, 0.1) is 21.2 Å². The first-order chi connectivity index (χ1) is 13.2. The number of halogens is 3. The molecule has 1 N–H and O–H groups in total. The molecule has 3 rings (SSSR count). The summed E-state index contributed by atoms with van der Waals surface area (Å²) in [6.45, 7) is 0. The van der Waals surface area contributed by atoms with Gasteiger partial charge in [-0.15, -0.1) is 5.10 Å². The Morgan fingerprint density at radius 1 is 1.11 bits per heavy atom. The second kappa shape index (κ2) is 8.26. The zero-order valence-corrected chi connectivity index (χ0v) is 16.4. The fraction of sp³-hybridized carbons (Fsp3) is 0.118. The Bertz CT molecular complexity index is 1120. The van der Waals surface area contributed by atoms with Gasteiger partial charge in [0.25, 0.3) is 5.89 Å². The lowest BCUT2D eigenvalue weighted by molar-refractivity contribution is -0.115. The highest BCUT2D eigenvalue weighted by molar-refractivity contribution is 7.91. The Morgan fingerprint density at radius 3 is 2.54 bits per heavy atom. The number of nitrogens with one attached hydrogen (secondary N) is 1. The minimum Gasteiger partial charge on any atom is -0.403 e. The zero-order valence-electron chi connectivity index (χ0n) is 14.0. The smallest absolute Gasteiger partial charge is 0.322 e. The fourth-order valence-electron chi connectivity index (χ4n) is 2.21. The summed E-state index contributed by atoms with van der Waals surface area (Å²) in [5, 5.41) is 10.5. The number of amides is 1. The van der Waals surface area contributed by atoms with Crippen LogP contribution in [0.15, 0.2) is 51.8 Å². The van der Waals surface area contributed by atoms with Crippen LogP contribution < -0.4 is 5.32 Å². The lowest BCUT2D eigenvalue weighted by Gasteiger charge is -2.04. The van der Waals surface area contributed by atoms with Gasteiger partial charge in [-0.3, -0.25) is 10.1 Å². The number of hydrogen-bond donors (Lipinski definition) is 1. The molecule has 11 heteroatoms. The third-order valence-electron chi connectivity index (χ3n) is 3.60. The van der Waals surface area contributed by atoms with Gasteiger partial charge in [0, 0.05) is 11.4 Å². The highest BCUT2D eigenvalue weighted by Crippen LogP contribution is 2.30. The van der Waals surface area contributed by atoms with Crippen LogP contribution in [0.3, 0.4) is 0 Å². The van der Waals surface area contributed by atoms with Crippen molar-refractivity contribution in [3.63, 3.8) is 0 Å². The maximum absolute atomic E-state index is 12.9. The minimum absolute atomic E-state index is 0.0433. The van der Waals surface area contributed by atoms with Crippen molar-refractivity contribution >= 4 is 45.0 Å². The summed E-state index contributed by atoms with van der Waals surface area (Å²) in [7, 11) is -3.74. The molecule has 0 saturated carbocycles. The van der Waals surface area contributed by atoms with E-state index in [1.165, 1.54) is 6.07 Å². The van der Waals surface area contributed by atoms with E-state index >= 15 is 0 Å². The maximum atomic E-state index is 12.9. The summed E-state index contributed by atoms with van der Waals surface area (Å²) in [6, 6.07) is 8.81. The Labute approximate surface area is 169 Å². The van der Waals surface area contributed by atoms with Gasteiger partial charge in [-0.2, -0.15) is 0 Å². The molecule has 0 radical (unpaired) electrons. The van der Waals surface area contributed by atoms with Gasteiger partial charge in [-0.1, -0.05) is 28.3 Å². The van der Waals surface area contributed by atoms with Crippen LogP contribution >= 0.6 is 23.2 Å². The molecule has 0 spiro atoms. The van der Waals surface area contributed by atoms with Crippen LogP contribution in [0.1, 0.15) is 6.42 Å². The highest BCUT2D eigenvalue weighted by Gasteiger charge is 2.18. The van der Waals surface area contributed by atoms with Crippen molar-refractivity contribution in [2.45, 2.75) is 11.3 Å². The van der Waals surface area contributed by atoms with Crippen LogP contribution in [0, 0.1) is 5.82 Å². The van der Waals surface area contributed by atoms with Gasteiger partial charge >= 0.3 is 6.01 Å². The zero-order chi connectivity index (χ0) is 20.3. The molecule has 1 aromatic heterocycles. The number of carbonyl (C=O) groups excluding carboxylic acids is 1. The van der Waals surface area contributed by atoms with Crippen LogP contribution in [0.25, 0.3) is 11.5 Å². The summed E-state index contributed by atoms with van der Waals surface area (Å²) in [5.74, 6) is -1.62. The highest BCUT2D eigenvalue weighted by atomic mass is 35.5. The molecule has 3 aromatic rings. The van der Waals surface area contributed by atoms with E-state index < -0.39 is 27.3 Å². The molecule has 0 bridgehead atoms. The van der Waals surface area contributed by atoms with Gasteiger partial charge in [-0.25, -0.2) is 12.8 Å². The predicted octanol–water partition coefficient (Wildman–Crippen LogP) is 3.99. The normalized spacial score (nSPS) is 11.4. The van der Waals surface area contributed by atoms with Crippen LogP contribution in [-0.2, 0) is 14.6 Å². The van der Waals surface area contributed by atoms with Crippen molar-refractivity contribution in [3.8, 4) is 11.5 Å². The number of rotatable bonds is 6. The van der Waals surface area contributed by atoms with E-state index in [-0.39, 0.29) is 23.2 Å². The number of aromatic nitrogens is 2. The van der Waals surface area contributed by atoms with Crippen molar-refractivity contribution in [3.05, 3.63) is 58.3 Å². The number of nitrogens with zero attached hydrogens (tertiary/aromatic N) is 2. The molecule has 0 fully saturated rings. The van der Waals surface area contributed by atoms with Crippen molar-refractivity contribution in [2.24, 2.45) is 0 Å². The van der Waals surface area contributed by atoms with Crippen LogP contribution in [0.5, 0.6) is 0 Å². The monoisotopic (exact) mass is 443 g/mol. The molecule has 1 heterocycles. The number of carbonyl (C=O) groups is 1. The number of benzene rings is 2. The van der Waals surface area contributed by atoms with Gasteiger partial charge in [0.1, 0.15) is 5.82 Å². The van der Waals surface area contributed by atoms with E-state index in [1.54, 1.807) is 12.1 Å². The summed E-state index contributed by atoms with van der Waals surface area (Å²) in [4.78, 5) is 11.9. The van der Waals surface area contributed by atoms with E-state index in [0.717, 1.165) is 24.3 Å². The standard InChI is InChI=1S/C17H12Cl2FN3O4S/c18-10-1-6-14(19)13(9-10)16-22-23-17(27-16)21-15(24)7-8-28(25,26)12-4-2-11(20)3-5-12/h1-6,9H,7-8H2,(H,21,23,24). The van der Waals surface area contributed by atoms with Gasteiger partial charge in [0.2, 0.25) is 5.91 Å². The van der Waals surface area contributed by atoms with Gasteiger partial charge in [-0.05, 0) is 42.5 Å². The first-order valence-corrected chi connectivity index (χ1v) is 10.2. The van der Waals surface area contributed by atoms with Gasteiger partial charge in [0.15, 0.2) is 9.84 Å². The molecule has 0 atom stereocenters. The molecule has 0 aliphatic heterocycles. The van der Waals surface area contributed by atoms with E-state index in [2.05, 4.69) is 15.5 Å². The van der Waals surface area contributed by atoms with Crippen molar-refractivity contribution < 1.29 is 22.0 Å². The summed E-state index contributed by atoms with van der Waals surface area (Å²) >= 11 is 12.0. The number of sulfone groups is 1. The average Bonchev–Trinajstić information content (AvgIpc) is 3.11. The quantitative estimate of drug-likeness (QED) is 0.577. The lowest BCUT2D eigenvalue weighted by atomic mass is 10.2. The molecule has 0 aliphatic rings. The van der Waals surface area contributed by atoms with Crippen LogP contribution in [-0.4, -0.2) is 30.3 Å². The molecular formula is C17H12Cl2FN3O4S. The van der Waals surface area contributed by atoms with E-state index in [4.69, 9.17) is 27.6 Å². The maximum Gasteiger partial charge on any atom is 0.322 e. The molecule has 0 saturated heterocycles. The third-order valence-corrected chi connectivity index (χ3v) is 5.90. The van der Waals surface area contributed by atoms with Crippen LogP contribution in [0.4, 0.5) is 10.4 Å². The van der Waals surface area contributed by atoms with Crippen molar-refractivity contribution in [1.82, 2.24) is 10.2 Å². The largest absolute Gasteiger partial charge is 0.403 e. The molecule has 0 aliphatic carbocycles. The Morgan fingerprint density at radius 2 is 1.82 bits per heavy atom. The SMILES string of the molecule is O=C(CCS(=O)(=O)c1ccc(F)cc1)Nc1nnc(-c2cc(Cl)ccc2Cl)o1. The second-order valence-electron chi connectivity index (χ2n) is 5.61. The summed E-state index contributed by atoms with van der Waals surface area (Å²) < 4.78 is 42.6. The van der Waals surface area contributed by atoms with E-state index in [0.29, 0.717) is 15.6 Å². The Balaban J connectivity index is 1.63. The molecule has 28 heavy (non-hydrogen) atoms. The number of hydrogen-bond acceptors (Lipinski definition) is 6. The Kier molecular flexibility index (Phi) is 5.97. The predicted molar refractivity (Wildman–Crippen MR) is 101 cm³/mol. The average molecular weight is 444 g/mol. The molecule has 1 amide bonds. The second-order valence-corrected chi connectivity index (χ2v) is 8.56. The molecule has 7 nitrogen and oxygen atoms in total. The topological polar surface area (TPSA) is 102 Å². The number of anilines is 1. The first-order valence-electron chi connectivity index (χ1n) is 7.82. The first kappa shape index (κ1) is 20.2. The molecule has 2 aromatic carbocycles. The van der Waals surface area contributed by atoms with Crippen molar-refractivity contribution in [2.75, 3.05) is 11.1 Å². The third kappa shape index (κ3) is 4.86. The molecule has 146 valence electrons. The molecule has 0 unspecified atom stereocenters.